The summed E-state index contributed by atoms with van der Waals surface area (Å²) < 4.78 is 73.9. The number of halogens is 4. The first-order chi connectivity index (χ1) is 18.5. The van der Waals surface area contributed by atoms with Gasteiger partial charge in [-0.3, -0.25) is 0 Å². The normalized spacial score (nSPS) is 16.3. The third-order valence-corrected chi connectivity index (χ3v) is 8.19. The summed E-state index contributed by atoms with van der Waals surface area (Å²) in [7, 11) is -3.88. The van der Waals surface area contributed by atoms with Crippen LogP contribution in [0.15, 0.2) is 41.3 Å². The summed E-state index contributed by atoms with van der Waals surface area (Å²) >= 11 is 6.30. The number of nitrogen functional groups attached to an aromatic ring is 1. The smallest absolute Gasteiger partial charge is 0.417 e. The Bertz CT molecular complexity index is 1500. The van der Waals surface area contributed by atoms with Gasteiger partial charge >= 0.3 is 12.3 Å². The van der Waals surface area contributed by atoms with Crippen molar-refractivity contribution in [2.45, 2.75) is 56.3 Å². The Hall–Kier alpha value is -3.52. The lowest BCUT2D eigenvalue weighted by molar-refractivity contribution is -0.137. The van der Waals surface area contributed by atoms with Gasteiger partial charge in [-0.15, -0.1) is 5.10 Å². The number of nitrogens with two attached hydrogens (primary N) is 1. The molecule has 1 aliphatic rings. The second-order valence-electron chi connectivity index (χ2n) is 10.3. The maximum Gasteiger partial charge on any atom is 0.417 e. The second-order valence-corrected chi connectivity index (χ2v) is 12.8. The molecule has 4 N–H and O–H groups in total. The molecular weight excluding hydrogens is 573 g/mol. The predicted octanol–water partition coefficient (Wildman–Crippen LogP) is 5.64. The van der Waals surface area contributed by atoms with Gasteiger partial charge in [0.2, 0.25) is 11.9 Å². The average molecular weight is 601 g/mol. The van der Waals surface area contributed by atoms with Gasteiger partial charge in [-0.25, -0.2) is 18.3 Å². The molecule has 0 saturated carbocycles. The fourth-order valence-corrected chi connectivity index (χ4v) is 6.33. The van der Waals surface area contributed by atoms with Gasteiger partial charge in [0.15, 0.2) is 9.84 Å². The molecule has 3 aromatic rings. The number of hydrogen-bond acceptors (Lipinski definition) is 8. The van der Waals surface area contributed by atoms with Crippen molar-refractivity contribution >= 4 is 45.1 Å². The quantitative estimate of drug-likeness (QED) is 0.330. The Morgan fingerprint density at radius 1 is 1.23 bits per heavy atom. The number of ether oxygens (including phenoxy) is 1. The van der Waals surface area contributed by atoms with Crippen LogP contribution in [-0.2, 0) is 20.8 Å². The molecule has 216 valence electrons. The van der Waals surface area contributed by atoms with Crippen molar-refractivity contribution < 1.29 is 31.1 Å². The summed E-state index contributed by atoms with van der Waals surface area (Å²) in [5, 5.41) is 8.48. The molecule has 2 aromatic carbocycles. The summed E-state index contributed by atoms with van der Waals surface area (Å²) in [6.45, 7) is 5.55. The maximum atomic E-state index is 14.1. The number of benzene rings is 2. The average Bonchev–Trinajstić information content (AvgIpc) is 3.45. The van der Waals surface area contributed by atoms with Gasteiger partial charge in [0, 0.05) is 23.8 Å². The number of nitrogens with zero attached hydrogens (tertiary/aromatic N) is 3. The molecule has 10 nitrogen and oxygen atoms in total. The second kappa shape index (κ2) is 10.8. The van der Waals surface area contributed by atoms with E-state index in [1.807, 2.05) is 0 Å². The predicted molar refractivity (Wildman–Crippen MR) is 144 cm³/mol. The molecule has 2 heterocycles. The van der Waals surface area contributed by atoms with Gasteiger partial charge in [0.05, 0.1) is 21.2 Å². The number of aromatic nitrogens is 3. The van der Waals surface area contributed by atoms with Gasteiger partial charge in [-0.1, -0.05) is 23.7 Å². The SMILES string of the molecule is CC(C)(C)OC(=O)N1CCC[C@H]1CS(=O)(=O)c1ccc(-c2c(Cl)cc(Nc3n[nH]c(N)n3)cc2C(F)(F)F)cc1. The van der Waals surface area contributed by atoms with Crippen LogP contribution in [0.4, 0.5) is 35.5 Å². The molecule has 4 rings (SSSR count). The maximum absolute atomic E-state index is 14.1. The third kappa shape index (κ3) is 6.78. The molecule has 1 amide bonds. The minimum absolute atomic E-state index is 0.0228. The number of alkyl halides is 3. The van der Waals surface area contributed by atoms with E-state index in [9.17, 15) is 26.4 Å². The highest BCUT2D eigenvalue weighted by molar-refractivity contribution is 7.91. The number of aromatic amines is 1. The lowest BCUT2D eigenvalue weighted by Gasteiger charge is -2.28. The van der Waals surface area contributed by atoms with Crippen LogP contribution < -0.4 is 11.1 Å². The number of nitrogens with one attached hydrogen (secondary N) is 2. The Morgan fingerprint density at radius 3 is 2.48 bits per heavy atom. The lowest BCUT2D eigenvalue weighted by atomic mass is 9.98. The fourth-order valence-electron chi connectivity index (χ4n) is 4.40. The van der Waals surface area contributed by atoms with E-state index in [0.29, 0.717) is 19.4 Å². The van der Waals surface area contributed by atoms with Crippen LogP contribution >= 0.6 is 11.6 Å². The first-order valence-electron chi connectivity index (χ1n) is 12.2. The van der Waals surface area contributed by atoms with Crippen LogP contribution in [0, 0.1) is 0 Å². The van der Waals surface area contributed by atoms with Crippen molar-refractivity contribution in [1.29, 1.82) is 0 Å². The van der Waals surface area contributed by atoms with Crippen molar-refractivity contribution in [2.24, 2.45) is 0 Å². The molecule has 1 atom stereocenters. The van der Waals surface area contributed by atoms with Crippen molar-refractivity contribution in [3.63, 3.8) is 0 Å². The summed E-state index contributed by atoms with van der Waals surface area (Å²) in [6.07, 6.45) is -4.25. The summed E-state index contributed by atoms with van der Waals surface area (Å²) in [5.74, 6) is -0.412. The Balaban J connectivity index is 1.59. The minimum atomic E-state index is -4.78. The highest BCUT2D eigenvalue weighted by Gasteiger charge is 2.37. The molecule has 0 spiro atoms. The van der Waals surface area contributed by atoms with Crippen LogP contribution in [-0.4, -0.2) is 58.5 Å². The molecule has 0 bridgehead atoms. The van der Waals surface area contributed by atoms with Gasteiger partial charge < -0.3 is 20.7 Å². The van der Waals surface area contributed by atoms with E-state index in [2.05, 4.69) is 20.5 Å². The van der Waals surface area contributed by atoms with E-state index >= 15 is 0 Å². The zero-order chi connectivity index (χ0) is 29.5. The number of carbonyl (C=O) groups is 1. The third-order valence-electron chi connectivity index (χ3n) is 6.07. The molecule has 15 heteroatoms. The highest BCUT2D eigenvalue weighted by atomic mass is 35.5. The molecule has 1 saturated heterocycles. The molecule has 0 unspecified atom stereocenters. The number of likely N-dealkylation sites (tertiary alicyclic amines) is 1. The van der Waals surface area contributed by atoms with E-state index in [4.69, 9.17) is 22.1 Å². The number of anilines is 3. The monoisotopic (exact) mass is 600 g/mol. The standard InChI is InChI=1S/C25H28ClF3N6O4S/c1-24(2,3)39-23(36)35-10-4-5-16(35)13-40(37,38)17-8-6-14(7-9-17)20-18(25(27,28)29)11-15(12-19(20)26)31-22-32-21(30)33-34-22/h6-9,11-12,16H,4-5,10,13H2,1-3H3,(H4,30,31,32,33,34)/t16-/m0/s1. The van der Waals surface area contributed by atoms with E-state index in [1.54, 1.807) is 20.8 Å². The number of amides is 1. The molecule has 0 radical (unpaired) electrons. The molecule has 40 heavy (non-hydrogen) atoms. The topological polar surface area (TPSA) is 143 Å². The van der Waals surface area contributed by atoms with Crippen molar-refractivity contribution in [2.75, 3.05) is 23.3 Å². The Kier molecular flexibility index (Phi) is 7.96. The summed E-state index contributed by atoms with van der Waals surface area (Å²) in [4.78, 5) is 17.7. The zero-order valence-corrected chi connectivity index (χ0v) is 23.4. The van der Waals surface area contributed by atoms with E-state index in [0.717, 1.165) is 6.07 Å². The van der Waals surface area contributed by atoms with Gasteiger partial charge in [0.1, 0.15) is 5.60 Å². The van der Waals surface area contributed by atoms with E-state index in [-0.39, 0.29) is 44.4 Å². The first-order valence-corrected chi connectivity index (χ1v) is 14.2. The molecule has 1 aliphatic heterocycles. The van der Waals surface area contributed by atoms with Crippen LogP contribution in [0.3, 0.4) is 0 Å². The highest BCUT2D eigenvalue weighted by Crippen LogP contribution is 2.43. The molecule has 0 aliphatic carbocycles. The minimum Gasteiger partial charge on any atom is -0.444 e. The Labute approximate surface area is 234 Å². The first kappa shape index (κ1) is 29.5. The number of H-pyrrole nitrogens is 1. The van der Waals surface area contributed by atoms with E-state index in [1.165, 1.54) is 35.2 Å². The van der Waals surface area contributed by atoms with Crippen LogP contribution in [0.2, 0.25) is 5.02 Å². The van der Waals surface area contributed by atoms with Gasteiger partial charge in [-0.05, 0) is 63.4 Å². The molecular formula is C25H28ClF3N6O4S. The Morgan fingerprint density at radius 2 is 1.90 bits per heavy atom. The fraction of sp³-hybridized carbons (Fsp3) is 0.400. The molecule has 1 fully saturated rings. The zero-order valence-electron chi connectivity index (χ0n) is 21.8. The van der Waals surface area contributed by atoms with Crippen LogP contribution in [0.5, 0.6) is 0 Å². The number of rotatable bonds is 6. The number of sulfone groups is 1. The summed E-state index contributed by atoms with van der Waals surface area (Å²) in [6, 6.07) is 6.55. The van der Waals surface area contributed by atoms with Gasteiger partial charge in [-0.2, -0.15) is 18.2 Å². The van der Waals surface area contributed by atoms with E-state index < -0.39 is 39.3 Å². The molecule has 1 aromatic heterocycles. The summed E-state index contributed by atoms with van der Waals surface area (Å²) in [5.41, 5.74) is 3.41. The van der Waals surface area contributed by atoms with Crippen LogP contribution in [0.1, 0.15) is 39.2 Å². The number of hydrogen-bond donors (Lipinski definition) is 3. The lowest BCUT2D eigenvalue weighted by Crippen LogP contribution is -2.42. The number of carbonyl (C=O) groups excluding carboxylic acids is 1. The van der Waals surface area contributed by atoms with Crippen molar-refractivity contribution in [1.82, 2.24) is 20.1 Å². The van der Waals surface area contributed by atoms with Crippen LogP contribution in [0.25, 0.3) is 11.1 Å². The van der Waals surface area contributed by atoms with Crippen molar-refractivity contribution in [3.8, 4) is 11.1 Å². The van der Waals surface area contributed by atoms with Gasteiger partial charge in [0.25, 0.3) is 0 Å². The largest absolute Gasteiger partial charge is 0.444 e. The van der Waals surface area contributed by atoms with Crippen molar-refractivity contribution in [3.05, 3.63) is 47.0 Å².